The third kappa shape index (κ3) is 2.86. The van der Waals surface area contributed by atoms with Gasteiger partial charge in [0.2, 0.25) is 5.91 Å². The number of benzene rings is 1. The summed E-state index contributed by atoms with van der Waals surface area (Å²) >= 11 is 0. The van der Waals surface area contributed by atoms with Crippen LogP contribution in [0.4, 0.5) is 4.39 Å². The topological polar surface area (TPSA) is 66.6 Å². The fraction of sp³-hybridized carbons (Fsp3) is 0.462. The molecule has 1 aliphatic rings. The SMILES string of the molecule is NC(=O)C(c1ccc(F)cc1)N1CCCC(O)C1. The number of piperidine rings is 1. The lowest BCUT2D eigenvalue weighted by Crippen LogP contribution is -2.45. The van der Waals surface area contributed by atoms with E-state index < -0.39 is 18.1 Å². The van der Waals surface area contributed by atoms with Crippen molar-refractivity contribution >= 4 is 5.91 Å². The predicted octanol–water partition coefficient (Wildman–Crippen LogP) is 0.809. The maximum Gasteiger partial charge on any atom is 0.239 e. The van der Waals surface area contributed by atoms with Gasteiger partial charge in [-0.25, -0.2) is 4.39 Å². The van der Waals surface area contributed by atoms with Crippen LogP contribution in [0, 0.1) is 5.82 Å². The van der Waals surface area contributed by atoms with E-state index in [0.717, 1.165) is 12.8 Å². The number of primary amides is 1. The summed E-state index contributed by atoms with van der Waals surface area (Å²) in [5.74, 6) is -0.823. The molecule has 1 amide bonds. The summed E-state index contributed by atoms with van der Waals surface area (Å²) in [6, 6.07) is 5.15. The molecule has 98 valence electrons. The second kappa shape index (κ2) is 5.46. The molecule has 1 aromatic rings. The van der Waals surface area contributed by atoms with Crippen LogP contribution in [0.1, 0.15) is 24.4 Å². The van der Waals surface area contributed by atoms with Gasteiger partial charge in [0.1, 0.15) is 11.9 Å². The molecule has 2 atom stereocenters. The summed E-state index contributed by atoms with van der Waals surface area (Å²) in [6.45, 7) is 1.13. The van der Waals surface area contributed by atoms with Gasteiger partial charge in [0.05, 0.1) is 6.10 Å². The highest BCUT2D eigenvalue weighted by atomic mass is 19.1. The smallest absolute Gasteiger partial charge is 0.239 e. The first kappa shape index (κ1) is 13.0. The van der Waals surface area contributed by atoms with Crippen LogP contribution in [0.15, 0.2) is 24.3 Å². The van der Waals surface area contributed by atoms with E-state index in [9.17, 15) is 14.3 Å². The number of amides is 1. The number of β-amino-alcohol motifs (C(OH)–C–C–N with tert-alkyl or cyclic N) is 1. The van der Waals surface area contributed by atoms with Crippen molar-refractivity contribution in [2.45, 2.75) is 25.0 Å². The van der Waals surface area contributed by atoms with E-state index in [1.807, 2.05) is 4.90 Å². The Hall–Kier alpha value is -1.46. The second-order valence-electron chi connectivity index (χ2n) is 4.65. The van der Waals surface area contributed by atoms with Crippen molar-refractivity contribution in [3.63, 3.8) is 0 Å². The quantitative estimate of drug-likeness (QED) is 0.836. The normalized spacial score (nSPS) is 22.7. The van der Waals surface area contributed by atoms with E-state index >= 15 is 0 Å². The van der Waals surface area contributed by atoms with E-state index in [1.54, 1.807) is 12.1 Å². The maximum absolute atomic E-state index is 12.9. The van der Waals surface area contributed by atoms with Crippen LogP contribution in [0.5, 0.6) is 0 Å². The number of aliphatic hydroxyl groups is 1. The zero-order valence-electron chi connectivity index (χ0n) is 10.1. The Morgan fingerprint density at radius 1 is 1.44 bits per heavy atom. The molecule has 2 unspecified atom stereocenters. The highest BCUT2D eigenvalue weighted by molar-refractivity contribution is 5.81. The van der Waals surface area contributed by atoms with Gasteiger partial charge in [-0.05, 0) is 37.1 Å². The van der Waals surface area contributed by atoms with Crippen molar-refractivity contribution in [3.05, 3.63) is 35.6 Å². The Balaban J connectivity index is 2.22. The molecule has 0 spiro atoms. The Kier molecular flexibility index (Phi) is 3.93. The maximum atomic E-state index is 12.9. The van der Waals surface area contributed by atoms with Gasteiger partial charge >= 0.3 is 0 Å². The van der Waals surface area contributed by atoms with E-state index in [2.05, 4.69) is 0 Å². The summed E-state index contributed by atoms with van der Waals surface area (Å²) in [5, 5.41) is 9.65. The van der Waals surface area contributed by atoms with E-state index in [4.69, 9.17) is 5.73 Å². The Morgan fingerprint density at radius 2 is 2.11 bits per heavy atom. The van der Waals surface area contributed by atoms with Gasteiger partial charge in [-0.15, -0.1) is 0 Å². The van der Waals surface area contributed by atoms with Gasteiger partial charge in [-0.3, -0.25) is 9.69 Å². The van der Waals surface area contributed by atoms with E-state index in [-0.39, 0.29) is 5.82 Å². The van der Waals surface area contributed by atoms with Crippen LogP contribution < -0.4 is 5.73 Å². The monoisotopic (exact) mass is 252 g/mol. The molecule has 1 fully saturated rings. The summed E-state index contributed by atoms with van der Waals surface area (Å²) in [7, 11) is 0. The number of hydrogen-bond acceptors (Lipinski definition) is 3. The summed E-state index contributed by atoms with van der Waals surface area (Å²) in [4.78, 5) is 13.4. The van der Waals surface area contributed by atoms with Gasteiger partial charge in [0.25, 0.3) is 0 Å². The highest BCUT2D eigenvalue weighted by Crippen LogP contribution is 2.24. The molecule has 0 aliphatic carbocycles. The van der Waals surface area contributed by atoms with Crippen LogP contribution in [0.3, 0.4) is 0 Å². The molecule has 0 radical (unpaired) electrons. The molecule has 0 bridgehead atoms. The summed E-state index contributed by atoms with van der Waals surface area (Å²) in [6.07, 6.45) is 1.14. The lowest BCUT2D eigenvalue weighted by Gasteiger charge is -2.35. The average molecular weight is 252 g/mol. The molecule has 3 N–H and O–H groups in total. The molecule has 0 saturated carbocycles. The zero-order valence-corrected chi connectivity index (χ0v) is 10.1. The Morgan fingerprint density at radius 3 is 2.67 bits per heavy atom. The third-order valence-corrected chi connectivity index (χ3v) is 3.25. The number of carbonyl (C=O) groups is 1. The average Bonchev–Trinajstić information content (AvgIpc) is 2.32. The highest BCUT2D eigenvalue weighted by Gasteiger charge is 2.29. The van der Waals surface area contributed by atoms with Gasteiger partial charge in [0, 0.05) is 6.54 Å². The lowest BCUT2D eigenvalue weighted by atomic mass is 10.00. The third-order valence-electron chi connectivity index (χ3n) is 3.25. The van der Waals surface area contributed by atoms with Crippen molar-refractivity contribution < 1.29 is 14.3 Å². The molecule has 18 heavy (non-hydrogen) atoms. The molecule has 5 heteroatoms. The van der Waals surface area contributed by atoms with Gasteiger partial charge in [0.15, 0.2) is 0 Å². The first-order valence-electron chi connectivity index (χ1n) is 6.05. The van der Waals surface area contributed by atoms with E-state index in [0.29, 0.717) is 18.7 Å². The molecule has 0 aromatic heterocycles. The molecule has 2 rings (SSSR count). The first-order valence-corrected chi connectivity index (χ1v) is 6.05. The minimum Gasteiger partial charge on any atom is -0.392 e. The van der Waals surface area contributed by atoms with Crippen molar-refractivity contribution in [1.82, 2.24) is 4.90 Å². The number of nitrogens with zero attached hydrogens (tertiary/aromatic N) is 1. The first-order chi connectivity index (χ1) is 8.58. The molecule has 1 saturated heterocycles. The molecule has 1 heterocycles. The largest absolute Gasteiger partial charge is 0.392 e. The van der Waals surface area contributed by atoms with E-state index in [1.165, 1.54) is 12.1 Å². The van der Waals surface area contributed by atoms with Crippen molar-refractivity contribution in [2.75, 3.05) is 13.1 Å². The lowest BCUT2D eigenvalue weighted by molar-refractivity contribution is -0.124. The fourth-order valence-electron chi connectivity index (χ4n) is 2.42. The van der Waals surface area contributed by atoms with Crippen molar-refractivity contribution in [2.24, 2.45) is 5.73 Å². The van der Waals surface area contributed by atoms with Gasteiger partial charge in [-0.1, -0.05) is 12.1 Å². The number of likely N-dealkylation sites (tertiary alicyclic amines) is 1. The summed E-state index contributed by atoms with van der Waals surface area (Å²) < 4.78 is 12.9. The van der Waals surface area contributed by atoms with Crippen molar-refractivity contribution in [3.8, 4) is 0 Å². The number of rotatable bonds is 3. The summed E-state index contributed by atoms with van der Waals surface area (Å²) in [5.41, 5.74) is 6.09. The second-order valence-corrected chi connectivity index (χ2v) is 4.65. The van der Waals surface area contributed by atoms with Gasteiger partial charge < -0.3 is 10.8 Å². The van der Waals surface area contributed by atoms with Crippen LogP contribution >= 0.6 is 0 Å². The van der Waals surface area contributed by atoms with Gasteiger partial charge in [-0.2, -0.15) is 0 Å². The number of nitrogens with two attached hydrogens (primary N) is 1. The van der Waals surface area contributed by atoms with Crippen LogP contribution in [0.2, 0.25) is 0 Å². The van der Waals surface area contributed by atoms with Crippen LogP contribution in [0.25, 0.3) is 0 Å². The van der Waals surface area contributed by atoms with Crippen LogP contribution in [-0.4, -0.2) is 35.1 Å². The van der Waals surface area contributed by atoms with Crippen LogP contribution in [-0.2, 0) is 4.79 Å². The number of aliphatic hydroxyl groups excluding tert-OH is 1. The Labute approximate surface area is 105 Å². The molecule has 1 aromatic carbocycles. The zero-order chi connectivity index (χ0) is 13.1. The van der Waals surface area contributed by atoms with Crippen molar-refractivity contribution in [1.29, 1.82) is 0 Å². The Bertz CT molecular complexity index is 422. The fourth-order valence-corrected chi connectivity index (χ4v) is 2.42. The minimum atomic E-state index is -0.597. The molecular weight excluding hydrogens is 235 g/mol. The molecular formula is C13H17FN2O2. The standard InChI is InChI=1S/C13H17FN2O2/c14-10-5-3-9(4-6-10)12(13(15)18)16-7-1-2-11(17)8-16/h3-6,11-12,17H,1-2,7-8H2,(H2,15,18). The predicted molar refractivity (Wildman–Crippen MR) is 65.1 cm³/mol. The number of hydrogen-bond donors (Lipinski definition) is 2. The molecule has 1 aliphatic heterocycles. The minimum absolute atomic E-state index is 0.347. The molecule has 4 nitrogen and oxygen atoms in total. The number of halogens is 1. The number of carbonyl (C=O) groups excluding carboxylic acids is 1.